The van der Waals surface area contributed by atoms with Gasteiger partial charge in [-0.05, 0) is 46.3 Å². The third kappa shape index (κ3) is 3.84. The lowest BCUT2D eigenvalue weighted by molar-refractivity contribution is 0.0944. The van der Waals surface area contributed by atoms with Gasteiger partial charge in [0.1, 0.15) is 0 Å². The van der Waals surface area contributed by atoms with Crippen LogP contribution in [-0.4, -0.2) is 12.5 Å². The maximum absolute atomic E-state index is 12.0. The maximum Gasteiger partial charge on any atom is 0.252 e. The second kappa shape index (κ2) is 6.20. The highest BCUT2D eigenvalue weighted by atomic mass is 79.9. The van der Waals surface area contributed by atoms with Crippen molar-refractivity contribution in [3.05, 3.63) is 33.8 Å². The molecule has 1 amide bonds. The van der Waals surface area contributed by atoms with Crippen molar-refractivity contribution in [2.75, 3.05) is 6.54 Å². The maximum atomic E-state index is 12.0. The molecule has 2 nitrogen and oxygen atoms in total. The minimum absolute atomic E-state index is 0.00641. The van der Waals surface area contributed by atoms with Gasteiger partial charge in [0.15, 0.2) is 0 Å². The molecule has 1 aromatic carbocycles. The quantitative estimate of drug-likeness (QED) is 0.900. The summed E-state index contributed by atoms with van der Waals surface area (Å²) in [5.41, 5.74) is 1.79. The number of carbonyl (C=O) groups excluding carboxylic acids is 1. The van der Waals surface area contributed by atoms with Gasteiger partial charge in [-0.25, -0.2) is 0 Å². The Morgan fingerprint density at radius 2 is 2.00 bits per heavy atom. The zero-order chi connectivity index (χ0) is 13.0. The second-order valence-corrected chi connectivity index (χ2v) is 5.66. The van der Waals surface area contributed by atoms with Crippen LogP contribution in [-0.2, 0) is 0 Å². The first-order chi connectivity index (χ1) is 7.93. The van der Waals surface area contributed by atoms with Gasteiger partial charge in [-0.1, -0.05) is 32.9 Å². The lowest BCUT2D eigenvalue weighted by Gasteiger charge is -2.16. The van der Waals surface area contributed by atoms with Crippen molar-refractivity contribution in [3.63, 3.8) is 0 Å². The largest absolute Gasteiger partial charge is 0.352 e. The Balaban J connectivity index is 2.68. The van der Waals surface area contributed by atoms with E-state index in [0.29, 0.717) is 17.4 Å². The van der Waals surface area contributed by atoms with Crippen LogP contribution >= 0.6 is 15.9 Å². The summed E-state index contributed by atoms with van der Waals surface area (Å²) in [6, 6.07) is 5.73. The first-order valence-corrected chi connectivity index (χ1v) is 6.76. The van der Waals surface area contributed by atoms with Crippen LogP contribution in [0.15, 0.2) is 22.7 Å². The fraction of sp³-hybridized carbons (Fsp3) is 0.500. The van der Waals surface area contributed by atoms with Gasteiger partial charge in [0.2, 0.25) is 0 Å². The fourth-order valence-corrected chi connectivity index (χ4v) is 1.85. The van der Waals surface area contributed by atoms with Crippen molar-refractivity contribution in [2.24, 2.45) is 11.8 Å². The van der Waals surface area contributed by atoms with Gasteiger partial charge in [0, 0.05) is 11.0 Å². The van der Waals surface area contributed by atoms with Gasteiger partial charge in [-0.15, -0.1) is 0 Å². The summed E-state index contributed by atoms with van der Waals surface area (Å²) in [7, 11) is 0. The molecule has 0 saturated heterocycles. The third-order valence-electron chi connectivity index (χ3n) is 3.16. The van der Waals surface area contributed by atoms with Crippen molar-refractivity contribution in [1.82, 2.24) is 5.32 Å². The molecule has 0 aliphatic rings. The number of amides is 1. The number of nitrogens with one attached hydrogen (secondary N) is 1. The first-order valence-electron chi connectivity index (χ1n) is 5.96. The van der Waals surface area contributed by atoms with Crippen molar-refractivity contribution >= 4 is 21.8 Å². The molecule has 0 aliphatic heterocycles. The van der Waals surface area contributed by atoms with E-state index in [1.54, 1.807) is 0 Å². The van der Waals surface area contributed by atoms with Crippen molar-refractivity contribution < 1.29 is 4.79 Å². The molecular weight excluding hydrogens is 278 g/mol. The molecule has 94 valence electrons. The minimum Gasteiger partial charge on any atom is -0.352 e. The van der Waals surface area contributed by atoms with E-state index in [2.05, 4.69) is 42.0 Å². The molecule has 17 heavy (non-hydrogen) atoms. The van der Waals surface area contributed by atoms with Gasteiger partial charge in [0.05, 0.1) is 5.56 Å². The predicted molar refractivity (Wildman–Crippen MR) is 75.2 cm³/mol. The van der Waals surface area contributed by atoms with Crippen LogP contribution in [0, 0.1) is 18.8 Å². The summed E-state index contributed by atoms with van der Waals surface area (Å²) in [4.78, 5) is 12.0. The Hall–Kier alpha value is -0.830. The Kier molecular flexibility index (Phi) is 5.19. The van der Waals surface area contributed by atoms with E-state index in [-0.39, 0.29) is 5.91 Å². The molecule has 0 radical (unpaired) electrons. The van der Waals surface area contributed by atoms with E-state index >= 15 is 0 Å². The first kappa shape index (κ1) is 14.2. The Morgan fingerprint density at radius 3 is 2.59 bits per heavy atom. The number of halogens is 1. The predicted octanol–water partition coefficient (Wildman–Crippen LogP) is 3.78. The summed E-state index contributed by atoms with van der Waals surface area (Å²) in [6.45, 7) is 9.18. The Morgan fingerprint density at radius 1 is 1.35 bits per heavy atom. The molecule has 0 spiro atoms. The summed E-state index contributed by atoms with van der Waals surface area (Å²) in [5, 5.41) is 2.98. The van der Waals surface area contributed by atoms with E-state index in [0.717, 1.165) is 16.6 Å². The van der Waals surface area contributed by atoms with Gasteiger partial charge in [-0.3, -0.25) is 4.79 Å². The molecule has 0 heterocycles. The summed E-state index contributed by atoms with van der Waals surface area (Å²) in [5.74, 6) is 1.06. The van der Waals surface area contributed by atoms with Crippen molar-refractivity contribution in [2.45, 2.75) is 27.7 Å². The molecule has 0 bridgehead atoms. The average molecular weight is 298 g/mol. The zero-order valence-corrected chi connectivity index (χ0v) is 12.5. The normalized spacial score (nSPS) is 12.6. The number of hydrogen-bond acceptors (Lipinski definition) is 1. The molecule has 3 heteroatoms. The van der Waals surface area contributed by atoms with Gasteiger partial charge in [0.25, 0.3) is 5.91 Å². The van der Waals surface area contributed by atoms with Gasteiger partial charge < -0.3 is 5.32 Å². The van der Waals surface area contributed by atoms with E-state index in [4.69, 9.17) is 0 Å². The number of carbonyl (C=O) groups is 1. The van der Waals surface area contributed by atoms with Crippen LogP contribution in [0.5, 0.6) is 0 Å². The molecule has 0 aromatic heterocycles. The molecule has 1 atom stereocenters. The van der Waals surface area contributed by atoms with Gasteiger partial charge >= 0.3 is 0 Å². The van der Waals surface area contributed by atoms with Gasteiger partial charge in [-0.2, -0.15) is 0 Å². The van der Waals surface area contributed by atoms with E-state index < -0.39 is 0 Å². The van der Waals surface area contributed by atoms with E-state index in [1.165, 1.54) is 0 Å². The summed E-state index contributed by atoms with van der Waals surface area (Å²) < 4.78 is 0.884. The van der Waals surface area contributed by atoms with E-state index in [9.17, 15) is 4.79 Å². The minimum atomic E-state index is -0.00641. The molecule has 0 fully saturated rings. The zero-order valence-electron chi connectivity index (χ0n) is 10.9. The van der Waals surface area contributed by atoms with Crippen LogP contribution in [0.3, 0.4) is 0 Å². The molecule has 1 N–H and O–H groups in total. The van der Waals surface area contributed by atoms with Crippen LogP contribution in [0.2, 0.25) is 0 Å². The second-order valence-electron chi connectivity index (χ2n) is 4.87. The lowest BCUT2D eigenvalue weighted by atomic mass is 9.98. The molecule has 0 saturated carbocycles. The summed E-state index contributed by atoms with van der Waals surface area (Å²) >= 11 is 3.46. The monoisotopic (exact) mass is 297 g/mol. The third-order valence-corrected chi connectivity index (χ3v) is 4.21. The molecule has 0 aliphatic carbocycles. The standard InChI is InChI=1S/C14H20BrNO/c1-9(2)11(4)8-16-14(17)12-7-5-6-10(3)13(12)15/h5-7,9,11H,8H2,1-4H3,(H,16,17). The van der Waals surface area contributed by atoms with Crippen LogP contribution < -0.4 is 5.32 Å². The average Bonchev–Trinajstić information content (AvgIpc) is 2.29. The number of benzene rings is 1. The van der Waals surface area contributed by atoms with Crippen molar-refractivity contribution in [3.8, 4) is 0 Å². The highest BCUT2D eigenvalue weighted by Gasteiger charge is 2.13. The Labute approximate surface area is 112 Å². The molecule has 1 unspecified atom stereocenters. The highest BCUT2D eigenvalue weighted by Crippen LogP contribution is 2.21. The van der Waals surface area contributed by atoms with Crippen LogP contribution in [0.1, 0.15) is 36.7 Å². The van der Waals surface area contributed by atoms with Crippen molar-refractivity contribution in [1.29, 1.82) is 0 Å². The topological polar surface area (TPSA) is 29.1 Å². The number of hydrogen-bond donors (Lipinski definition) is 1. The highest BCUT2D eigenvalue weighted by molar-refractivity contribution is 9.10. The molecule has 1 rings (SSSR count). The molecular formula is C14H20BrNO. The number of rotatable bonds is 4. The SMILES string of the molecule is Cc1cccc(C(=O)NCC(C)C(C)C)c1Br. The Bertz CT molecular complexity index is 401. The summed E-state index contributed by atoms with van der Waals surface area (Å²) in [6.07, 6.45) is 0. The molecule has 1 aromatic rings. The lowest BCUT2D eigenvalue weighted by Crippen LogP contribution is -2.30. The van der Waals surface area contributed by atoms with Crippen LogP contribution in [0.25, 0.3) is 0 Å². The smallest absolute Gasteiger partial charge is 0.252 e. The fourth-order valence-electron chi connectivity index (χ4n) is 1.41. The number of aryl methyl sites for hydroxylation is 1. The van der Waals surface area contributed by atoms with Crippen LogP contribution in [0.4, 0.5) is 0 Å². The van der Waals surface area contributed by atoms with E-state index in [1.807, 2.05) is 25.1 Å².